The van der Waals surface area contributed by atoms with Crippen LogP contribution in [-0.4, -0.2) is 37.2 Å². The van der Waals surface area contributed by atoms with Gasteiger partial charge in [-0.3, -0.25) is 14.4 Å². The molecule has 0 fully saturated rings. The fourth-order valence-corrected chi connectivity index (χ4v) is 9.26. The Morgan fingerprint density at radius 2 is 0.487 bits per heavy atom. The van der Waals surface area contributed by atoms with E-state index in [0.717, 1.165) is 128 Å². The van der Waals surface area contributed by atoms with Crippen molar-refractivity contribution in [1.82, 2.24) is 0 Å². The first-order valence-corrected chi connectivity index (χ1v) is 33.5. The maximum Gasteiger partial charge on any atom is 0.306 e. The molecule has 6 heteroatoms. The molecule has 0 aliphatic rings. The molecular formula is C74H124O6. The van der Waals surface area contributed by atoms with E-state index in [2.05, 4.69) is 142 Å². The standard InChI is InChI=1S/C74H124O6/c1-4-7-10-13-16-19-22-25-27-29-31-33-35-36-37-38-40-41-43-45-47-49-52-55-58-61-64-67-73(76)79-70-71(69-78-72(75)66-63-60-57-54-51-24-21-18-15-12-9-6-3)80-74(77)68-65-62-59-56-53-50-48-46-44-42-39-34-32-30-28-26-23-20-17-14-11-8-5-2/h7-8,10-11,16-17,19-20,25-28,31-34,36-37,42,44,71H,4-6,9,12-15,18,21-24,29-30,35,38-41,43,45-70H2,1-3H3/b10-7-,11-8-,19-16-,20-17-,27-25-,28-26-,33-31-,34-32-,37-36-,44-42-. The number of unbranched alkanes of at least 4 members (excludes halogenated alkanes) is 29. The van der Waals surface area contributed by atoms with Gasteiger partial charge < -0.3 is 14.2 Å². The van der Waals surface area contributed by atoms with Crippen LogP contribution >= 0.6 is 0 Å². The summed E-state index contributed by atoms with van der Waals surface area (Å²) in [7, 11) is 0. The van der Waals surface area contributed by atoms with E-state index in [1.807, 2.05) is 0 Å². The number of allylic oxidation sites excluding steroid dienone is 20. The molecule has 0 rings (SSSR count). The van der Waals surface area contributed by atoms with Crippen molar-refractivity contribution in [2.75, 3.05) is 13.2 Å². The van der Waals surface area contributed by atoms with Crippen molar-refractivity contribution in [3.05, 3.63) is 122 Å². The highest BCUT2D eigenvalue weighted by Gasteiger charge is 2.19. The van der Waals surface area contributed by atoms with Crippen LogP contribution in [0.25, 0.3) is 0 Å². The van der Waals surface area contributed by atoms with E-state index in [0.29, 0.717) is 19.3 Å². The predicted octanol–water partition coefficient (Wildman–Crippen LogP) is 23.2. The van der Waals surface area contributed by atoms with Gasteiger partial charge in [-0.15, -0.1) is 0 Å². The van der Waals surface area contributed by atoms with Crippen molar-refractivity contribution in [3.8, 4) is 0 Å². The molecule has 0 radical (unpaired) electrons. The number of hydrogen-bond acceptors (Lipinski definition) is 6. The molecule has 0 saturated heterocycles. The molecule has 456 valence electrons. The van der Waals surface area contributed by atoms with Crippen molar-refractivity contribution < 1.29 is 28.6 Å². The second-order valence-electron chi connectivity index (χ2n) is 22.0. The molecule has 6 nitrogen and oxygen atoms in total. The smallest absolute Gasteiger partial charge is 0.306 e. The minimum atomic E-state index is -0.788. The van der Waals surface area contributed by atoms with Gasteiger partial charge in [0, 0.05) is 19.3 Å². The first kappa shape index (κ1) is 75.8. The summed E-state index contributed by atoms with van der Waals surface area (Å²) in [5, 5.41) is 0. The van der Waals surface area contributed by atoms with Crippen LogP contribution < -0.4 is 0 Å². The third kappa shape index (κ3) is 64.6. The van der Waals surface area contributed by atoms with Crippen LogP contribution in [-0.2, 0) is 28.6 Å². The molecule has 0 heterocycles. The molecule has 0 bridgehead atoms. The highest BCUT2D eigenvalue weighted by atomic mass is 16.6. The summed E-state index contributed by atoms with van der Waals surface area (Å²) in [5.74, 6) is -0.888. The first-order chi connectivity index (χ1) is 39.5. The highest BCUT2D eigenvalue weighted by Crippen LogP contribution is 2.16. The van der Waals surface area contributed by atoms with Crippen LogP contribution in [0.15, 0.2) is 122 Å². The summed E-state index contributed by atoms with van der Waals surface area (Å²) < 4.78 is 16.9. The van der Waals surface area contributed by atoms with E-state index in [1.165, 1.54) is 141 Å². The molecule has 0 aromatic carbocycles. The van der Waals surface area contributed by atoms with Gasteiger partial charge in [0.2, 0.25) is 0 Å². The topological polar surface area (TPSA) is 78.9 Å². The third-order valence-corrected chi connectivity index (χ3v) is 14.2. The summed E-state index contributed by atoms with van der Waals surface area (Å²) in [6.45, 7) is 6.42. The van der Waals surface area contributed by atoms with Gasteiger partial charge in [0.25, 0.3) is 0 Å². The molecular weight excluding hydrogens is 985 g/mol. The highest BCUT2D eigenvalue weighted by molar-refractivity contribution is 5.71. The first-order valence-electron chi connectivity index (χ1n) is 33.5. The lowest BCUT2D eigenvalue weighted by atomic mass is 10.0. The molecule has 1 unspecified atom stereocenters. The second-order valence-corrected chi connectivity index (χ2v) is 22.0. The van der Waals surface area contributed by atoms with Gasteiger partial charge in [-0.05, 0) is 109 Å². The summed E-state index contributed by atoms with van der Waals surface area (Å²) in [4.78, 5) is 38.4. The Balaban J connectivity index is 4.32. The van der Waals surface area contributed by atoms with Gasteiger partial charge in [-0.25, -0.2) is 0 Å². The van der Waals surface area contributed by atoms with E-state index < -0.39 is 6.10 Å². The fraction of sp³-hybridized carbons (Fsp3) is 0.689. The Labute approximate surface area is 494 Å². The molecule has 0 spiro atoms. The number of carbonyl (C=O) groups is 3. The summed E-state index contributed by atoms with van der Waals surface area (Å²) in [6.07, 6.45) is 93.5. The molecule has 80 heavy (non-hydrogen) atoms. The molecule has 0 aromatic rings. The zero-order valence-electron chi connectivity index (χ0n) is 52.3. The van der Waals surface area contributed by atoms with Crippen LogP contribution in [0.2, 0.25) is 0 Å². The average Bonchev–Trinajstić information content (AvgIpc) is 3.46. The SMILES string of the molecule is CC/C=C\C/C=C\C/C=C\C/C=C\C/C=C\CCCCCCCCCCCCCC(=O)OCC(COC(=O)CCCCCCCCCCCCCC)OC(=O)CCCCCCCCC/C=C\C/C=C\C/C=C\C/C=C\C/C=C\CC. The van der Waals surface area contributed by atoms with Crippen LogP contribution in [0, 0.1) is 0 Å². The van der Waals surface area contributed by atoms with Crippen molar-refractivity contribution >= 4 is 17.9 Å². The number of ether oxygens (including phenoxy) is 3. The lowest BCUT2D eigenvalue weighted by Crippen LogP contribution is -2.30. The van der Waals surface area contributed by atoms with Crippen molar-refractivity contribution in [2.24, 2.45) is 0 Å². The molecule has 0 amide bonds. The summed E-state index contributed by atoms with van der Waals surface area (Å²) in [5.41, 5.74) is 0. The van der Waals surface area contributed by atoms with Gasteiger partial charge in [-0.2, -0.15) is 0 Å². The zero-order chi connectivity index (χ0) is 57.8. The number of rotatable bonds is 60. The minimum absolute atomic E-state index is 0.0825. The lowest BCUT2D eigenvalue weighted by molar-refractivity contribution is -0.167. The van der Waals surface area contributed by atoms with E-state index in [1.54, 1.807) is 0 Å². The van der Waals surface area contributed by atoms with E-state index in [-0.39, 0.29) is 31.1 Å². The number of carbonyl (C=O) groups excluding carboxylic acids is 3. The van der Waals surface area contributed by atoms with E-state index >= 15 is 0 Å². The molecule has 0 aliphatic carbocycles. The van der Waals surface area contributed by atoms with Crippen molar-refractivity contribution in [3.63, 3.8) is 0 Å². The molecule has 1 atom stereocenters. The Kier molecular flexibility index (Phi) is 63.8. The normalized spacial score (nSPS) is 12.9. The number of hydrogen-bond donors (Lipinski definition) is 0. The van der Waals surface area contributed by atoms with Gasteiger partial charge in [0.05, 0.1) is 0 Å². The molecule has 0 aromatic heterocycles. The van der Waals surface area contributed by atoms with Crippen LogP contribution in [0.4, 0.5) is 0 Å². The lowest BCUT2D eigenvalue weighted by Gasteiger charge is -2.18. The Morgan fingerprint density at radius 1 is 0.263 bits per heavy atom. The Hall–Kier alpha value is -4.19. The maximum absolute atomic E-state index is 12.9. The molecule has 0 saturated carbocycles. The quantitative estimate of drug-likeness (QED) is 0.0261. The predicted molar refractivity (Wildman–Crippen MR) is 348 cm³/mol. The largest absolute Gasteiger partial charge is 0.462 e. The minimum Gasteiger partial charge on any atom is -0.462 e. The van der Waals surface area contributed by atoms with Crippen LogP contribution in [0.1, 0.15) is 310 Å². The summed E-state index contributed by atoms with van der Waals surface area (Å²) >= 11 is 0. The average molecular weight is 1110 g/mol. The van der Waals surface area contributed by atoms with Crippen molar-refractivity contribution in [1.29, 1.82) is 0 Å². The zero-order valence-corrected chi connectivity index (χ0v) is 52.3. The maximum atomic E-state index is 12.9. The fourth-order valence-electron chi connectivity index (χ4n) is 9.26. The summed E-state index contributed by atoms with van der Waals surface area (Å²) in [6, 6.07) is 0. The molecule has 0 aliphatic heterocycles. The third-order valence-electron chi connectivity index (χ3n) is 14.2. The van der Waals surface area contributed by atoms with E-state index in [4.69, 9.17) is 14.2 Å². The van der Waals surface area contributed by atoms with Crippen LogP contribution in [0.5, 0.6) is 0 Å². The van der Waals surface area contributed by atoms with Gasteiger partial charge in [0.15, 0.2) is 6.10 Å². The van der Waals surface area contributed by atoms with E-state index in [9.17, 15) is 14.4 Å². The van der Waals surface area contributed by atoms with Crippen LogP contribution in [0.3, 0.4) is 0 Å². The number of esters is 3. The monoisotopic (exact) mass is 1110 g/mol. The Bertz CT molecular complexity index is 1650. The van der Waals surface area contributed by atoms with Gasteiger partial charge >= 0.3 is 17.9 Å². The molecule has 0 N–H and O–H groups in total. The van der Waals surface area contributed by atoms with Crippen molar-refractivity contribution in [2.45, 2.75) is 316 Å². The Morgan fingerprint density at radius 3 is 0.762 bits per heavy atom. The second kappa shape index (κ2) is 67.3. The van der Waals surface area contributed by atoms with Gasteiger partial charge in [0.1, 0.15) is 13.2 Å². The van der Waals surface area contributed by atoms with Gasteiger partial charge in [-0.1, -0.05) is 303 Å².